The number of hydrogen-bond acceptors (Lipinski definition) is 3. The van der Waals surface area contributed by atoms with Crippen molar-refractivity contribution in [2.24, 2.45) is 0 Å². The Bertz CT molecular complexity index is 456. The molecule has 5 heteroatoms. The van der Waals surface area contributed by atoms with Gasteiger partial charge in [0, 0.05) is 12.7 Å². The van der Waals surface area contributed by atoms with Crippen LogP contribution in [0.3, 0.4) is 0 Å². The van der Waals surface area contributed by atoms with Crippen molar-refractivity contribution in [2.75, 3.05) is 32.1 Å². The predicted molar refractivity (Wildman–Crippen MR) is 73.3 cm³/mol. The van der Waals surface area contributed by atoms with Crippen molar-refractivity contribution in [1.29, 1.82) is 0 Å². The molecule has 0 aromatic heterocycles. The molecule has 0 unspecified atom stereocenters. The lowest BCUT2D eigenvalue weighted by atomic mass is 10.1. The van der Waals surface area contributed by atoms with Crippen molar-refractivity contribution in [3.63, 3.8) is 0 Å². The smallest absolute Gasteiger partial charge is 0.321 e. The highest BCUT2D eigenvalue weighted by Crippen LogP contribution is 2.17. The summed E-state index contributed by atoms with van der Waals surface area (Å²) in [5.74, 6) is 0. The summed E-state index contributed by atoms with van der Waals surface area (Å²) in [4.78, 5) is 13.6. The molecule has 5 nitrogen and oxygen atoms in total. The first-order valence-corrected chi connectivity index (χ1v) is 6.39. The number of carbonyl (C=O) groups excluding carboxylic acids is 1. The summed E-state index contributed by atoms with van der Waals surface area (Å²) in [6.07, 6.45) is -0.311. The van der Waals surface area contributed by atoms with E-state index < -0.39 is 0 Å². The third kappa shape index (κ3) is 3.68. The van der Waals surface area contributed by atoms with Crippen LogP contribution in [0, 0.1) is 13.8 Å². The molecule has 0 spiro atoms. The maximum absolute atomic E-state index is 12.1. The molecule has 1 N–H and O–H groups in total. The Balaban J connectivity index is 1.93. The minimum absolute atomic E-state index is 0.159. The predicted octanol–water partition coefficient (Wildman–Crippen LogP) is 2.14. The van der Waals surface area contributed by atoms with E-state index in [1.54, 1.807) is 11.9 Å². The monoisotopic (exact) mass is 264 g/mol. The van der Waals surface area contributed by atoms with Crippen LogP contribution in [-0.2, 0) is 9.47 Å². The van der Waals surface area contributed by atoms with Gasteiger partial charge in [0.1, 0.15) is 0 Å². The van der Waals surface area contributed by atoms with E-state index in [1.807, 2.05) is 32.0 Å². The Morgan fingerprint density at radius 2 is 2.05 bits per heavy atom. The van der Waals surface area contributed by atoms with Crippen LogP contribution in [-0.4, -0.2) is 44.0 Å². The van der Waals surface area contributed by atoms with E-state index in [4.69, 9.17) is 9.47 Å². The van der Waals surface area contributed by atoms with Crippen LogP contribution in [0.15, 0.2) is 18.2 Å². The van der Waals surface area contributed by atoms with Gasteiger partial charge in [0.25, 0.3) is 0 Å². The molecular formula is C14H20N2O3. The zero-order valence-corrected chi connectivity index (χ0v) is 11.6. The summed E-state index contributed by atoms with van der Waals surface area (Å²) >= 11 is 0. The van der Waals surface area contributed by atoms with E-state index in [0.717, 1.165) is 16.8 Å². The molecule has 1 heterocycles. The number of nitrogens with zero attached hydrogens (tertiary/aromatic N) is 1. The maximum Gasteiger partial charge on any atom is 0.321 e. The normalized spacial score (nSPS) is 15.5. The number of carbonyl (C=O) groups is 1. The zero-order valence-electron chi connectivity index (χ0n) is 11.6. The molecule has 1 fully saturated rings. The van der Waals surface area contributed by atoms with Gasteiger partial charge in [-0.1, -0.05) is 12.1 Å². The average molecular weight is 264 g/mol. The summed E-state index contributed by atoms with van der Waals surface area (Å²) in [6, 6.07) is 5.82. The minimum atomic E-state index is -0.311. The van der Waals surface area contributed by atoms with Crippen LogP contribution in [0.5, 0.6) is 0 Å². The molecule has 1 saturated heterocycles. The van der Waals surface area contributed by atoms with Gasteiger partial charge in [-0.2, -0.15) is 0 Å². The molecule has 0 radical (unpaired) electrons. The van der Waals surface area contributed by atoms with Crippen molar-refractivity contribution in [3.8, 4) is 0 Å². The van der Waals surface area contributed by atoms with Crippen molar-refractivity contribution in [2.45, 2.75) is 20.1 Å². The molecule has 104 valence electrons. The number of hydrogen-bond donors (Lipinski definition) is 1. The van der Waals surface area contributed by atoms with Crippen LogP contribution < -0.4 is 5.32 Å². The molecular weight excluding hydrogens is 244 g/mol. The summed E-state index contributed by atoms with van der Waals surface area (Å²) in [6.45, 7) is 5.59. The summed E-state index contributed by atoms with van der Waals surface area (Å²) < 4.78 is 10.6. The number of urea groups is 1. The Morgan fingerprint density at radius 1 is 1.37 bits per heavy atom. The summed E-state index contributed by atoms with van der Waals surface area (Å²) in [5, 5.41) is 2.90. The second kappa shape index (κ2) is 6.04. The first-order chi connectivity index (χ1) is 9.06. The molecule has 2 rings (SSSR count). The van der Waals surface area contributed by atoms with Gasteiger partial charge in [-0.25, -0.2) is 4.79 Å². The van der Waals surface area contributed by atoms with E-state index >= 15 is 0 Å². The number of anilines is 1. The van der Waals surface area contributed by atoms with E-state index in [0.29, 0.717) is 19.8 Å². The van der Waals surface area contributed by atoms with Crippen molar-refractivity contribution >= 4 is 11.7 Å². The second-order valence-electron chi connectivity index (χ2n) is 4.80. The highest BCUT2D eigenvalue weighted by atomic mass is 16.7. The topological polar surface area (TPSA) is 50.8 Å². The number of nitrogens with one attached hydrogen (secondary N) is 1. The van der Waals surface area contributed by atoms with Gasteiger partial charge in [-0.05, 0) is 31.0 Å². The average Bonchev–Trinajstić information content (AvgIpc) is 2.86. The molecule has 1 aliphatic heterocycles. The Kier molecular flexibility index (Phi) is 4.39. The number of ether oxygens (including phenoxy) is 2. The lowest BCUT2D eigenvalue weighted by Gasteiger charge is -2.21. The molecule has 1 aromatic carbocycles. The molecule has 1 aliphatic rings. The largest absolute Gasteiger partial charge is 0.348 e. The Morgan fingerprint density at radius 3 is 2.74 bits per heavy atom. The highest BCUT2D eigenvalue weighted by Gasteiger charge is 2.20. The van der Waals surface area contributed by atoms with Crippen LogP contribution in [0.2, 0.25) is 0 Å². The van der Waals surface area contributed by atoms with E-state index in [9.17, 15) is 4.79 Å². The van der Waals surface area contributed by atoms with Crippen molar-refractivity contribution in [1.82, 2.24) is 4.90 Å². The summed E-state index contributed by atoms with van der Waals surface area (Å²) in [5.41, 5.74) is 3.00. The molecule has 0 atom stereocenters. The number of amides is 2. The highest BCUT2D eigenvalue weighted by molar-refractivity contribution is 5.90. The van der Waals surface area contributed by atoms with Gasteiger partial charge in [0.15, 0.2) is 6.29 Å². The first kappa shape index (κ1) is 13.8. The lowest BCUT2D eigenvalue weighted by molar-refractivity contribution is -0.0518. The van der Waals surface area contributed by atoms with Crippen LogP contribution in [0.25, 0.3) is 0 Å². The molecule has 0 saturated carbocycles. The van der Waals surface area contributed by atoms with E-state index in [-0.39, 0.29) is 12.3 Å². The molecule has 0 aliphatic carbocycles. The molecule has 1 aromatic rings. The van der Waals surface area contributed by atoms with Gasteiger partial charge in [-0.15, -0.1) is 0 Å². The maximum atomic E-state index is 12.1. The SMILES string of the molecule is Cc1ccc(C)c(NC(=O)N(C)CC2OCCO2)c1. The number of benzene rings is 1. The number of likely N-dealkylation sites (N-methyl/N-ethyl adjacent to an activating group) is 1. The first-order valence-electron chi connectivity index (χ1n) is 6.39. The zero-order chi connectivity index (χ0) is 13.8. The van der Waals surface area contributed by atoms with E-state index in [2.05, 4.69) is 5.32 Å². The van der Waals surface area contributed by atoms with E-state index in [1.165, 1.54) is 0 Å². The van der Waals surface area contributed by atoms with Gasteiger partial charge in [0.05, 0.1) is 19.8 Å². The summed E-state index contributed by atoms with van der Waals surface area (Å²) in [7, 11) is 1.73. The number of aryl methyl sites for hydroxylation is 2. The van der Waals surface area contributed by atoms with Crippen LogP contribution in [0.4, 0.5) is 10.5 Å². The van der Waals surface area contributed by atoms with Crippen molar-refractivity contribution in [3.05, 3.63) is 29.3 Å². The Labute approximate surface area is 113 Å². The second-order valence-corrected chi connectivity index (χ2v) is 4.80. The lowest BCUT2D eigenvalue weighted by Crippen LogP contribution is -2.37. The Hall–Kier alpha value is -1.59. The molecule has 2 amide bonds. The third-order valence-electron chi connectivity index (χ3n) is 3.10. The van der Waals surface area contributed by atoms with Gasteiger partial charge in [0.2, 0.25) is 0 Å². The van der Waals surface area contributed by atoms with Crippen molar-refractivity contribution < 1.29 is 14.3 Å². The fourth-order valence-electron chi connectivity index (χ4n) is 1.90. The van der Waals surface area contributed by atoms with Gasteiger partial charge in [-0.3, -0.25) is 0 Å². The fraction of sp³-hybridized carbons (Fsp3) is 0.500. The van der Waals surface area contributed by atoms with Gasteiger partial charge < -0.3 is 19.7 Å². The minimum Gasteiger partial charge on any atom is -0.348 e. The van der Waals surface area contributed by atoms with Crippen LogP contribution >= 0.6 is 0 Å². The molecule has 19 heavy (non-hydrogen) atoms. The molecule has 0 bridgehead atoms. The number of rotatable bonds is 3. The standard InChI is InChI=1S/C14H20N2O3/c1-10-4-5-11(2)12(8-10)15-14(17)16(3)9-13-18-6-7-19-13/h4-5,8,13H,6-7,9H2,1-3H3,(H,15,17). The third-order valence-corrected chi connectivity index (χ3v) is 3.10. The fourth-order valence-corrected chi connectivity index (χ4v) is 1.90. The van der Waals surface area contributed by atoms with Crippen LogP contribution in [0.1, 0.15) is 11.1 Å². The quantitative estimate of drug-likeness (QED) is 0.910. The van der Waals surface area contributed by atoms with Gasteiger partial charge >= 0.3 is 6.03 Å².